The highest BCUT2D eigenvalue weighted by molar-refractivity contribution is 7.99. The predicted octanol–water partition coefficient (Wildman–Crippen LogP) is 1.92. The van der Waals surface area contributed by atoms with Crippen LogP contribution < -0.4 is 0 Å². The standard InChI is InChI=1S/C11H21NO2S/c1-8(10(13)14)12(4)9-5-11(2,3)7-15-6-9/h8-9H,5-7H2,1-4H3,(H,13,14). The van der Waals surface area contributed by atoms with Crippen LogP contribution in [-0.2, 0) is 4.79 Å². The predicted molar refractivity (Wildman–Crippen MR) is 64.4 cm³/mol. The monoisotopic (exact) mass is 231 g/mol. The van der Waals surface area contributed by atoms with Crippen molar-refractivity contribution in [3.63, 3.8) is 0 Å². The quantitative estimate of drug-likeness (QED) is 0.805. The Morgan fingerprint density at radius 2 is 2.20 bits per heavy atom. The highest BCUT2D eigenvalue weighted by Gasteiger charge is 2.33. The normalized spacial score (nSPS) is 27.7. The van der Waals surface area contributed by atoms with Gasteiger partial charge in [0, 0.05) is 11.8 Å². The second-order valence-electron chi connectivity index (χ2n) is 5.22. The molecule has 1 rings (SSSR count). The van der Waals surface area contributed by atoms with Crippen molar-refractivity contribution in [3.05, 3.63) is 0 Å². The molecule has 0 aromatic rings. The number of aliphatic carboxylic acids is 1. The molecule has 0 radical (unpaired) electrons. The molecule has 3 nitrogen and oxygen atoms in total. The van der Waals surface area contributed by atoms with Gasteiger partial charge < -0.3 is 5.11 Å². The Balaban J connectivity index is 2.60. The van der Waals surface area contributed by atoms with Gasteiger partial charge in [-0.2, -0.15) is 11.8 Å². The van der Waals surface area contributed by atoms with Gasteiger partial charge in [-0.3, -0.25) is 9.69 Å². The molecular weight excluding hydrogens is 210 g/mol. The summed E-state index contributed by atoms with van der Waals surface area (Å²) in [4.78, 5) is 12.9. The van der Waals surface area contributed by atoms with Crippen molar-refractivity contribution in [3.8, 4) is 0 Å². The number of nitrogens with zero attached hydrogens (tertiary/aromatic N) is 1. The zero-order valence-electron chi connectivity index (χ0n) is 9.99. The van der Waals surface area contributed by atoms with E-state index in [1.807, 2.05) is 23.7 Å². The van der Waals surface area contributed by atoms with Crippen molar-refractivity contribution in [2.75, 3.05) is 18.6 Å². The first-order valence-electron chi connectivity index (χ1n) is 5.36. The number of hydrogen-bond acceptors (Lipinski definition) is 3. The summed E-state index contributed by atoms with van der Waals surface area (Å²) in [5, 5.41) is 8.96. The summed E-state index contributed by atoms with van der Waals surface area (Å²) >= 11 is 1.93. The fraction of sp³-hybridized carbons (Fsp3) is 0.909. The zero-order chi connectivity index (χ0) is 11.6. The maximum atomic E-state index is 10.9. The van der Waals surface area contributed by atoms with Gasteiger partial charge in [0.05, 0.1) is 0 Å². The van der Waals surface area contributed by atoms with Crippen LogP contribution in [0, 0.1) is 5.41 Å². The number of thioether (sulfide) groups is 1. The third kappa shape index (κ3) is 3.38. The van der Waals surface area contributed by atoms with Crippen LogP contribution in [0.15, 0.2) is 0 Å². The lowest BCUT2D eigenvalue weighted by molar-refractivity contribution is -0.143. The summed E-state index contributed by atoms with van der Waals surface area (Å²) in [6, 6.07) is 0.00866. The van der Waals surface area contributed by atoms with Crippen molar-refractivity contribution < 1.29 is 9.90 Å². The van der Waals surface area contributed by atoms with Crippen LogP contribution >= 0.6 is 11.8 Å². The molecule has 2 atom stereocenters. The molecule has 0 aliphatic carbocycles. The molecule has 1 fully saturated rings. The Morgan fingerprint density at radius 1 is 1.60 bits per heavy atom. The van der Waals surface area contributed by atoms with E-state index >= 15 is 0 Å². The third-order valence-electron chi connectivity index (χ3n) is 3.14. The van der Waals surface area contributed by atoms with Crippen LogP contribution in [0.25, 0.3) is 0 Å². The number of carboxylic acids is 1. The van der Waals surface area contributed by atoms with Gasteiger partial charge in [0.1, 0.15) is 6.04 Å². The van der Waals surface area contributed by atoms with E-state index in [0.29, 0.717) is 11.5 Å². The number of rotatable bonds is 3. The minimum absolute atomic E-state index is 0.333. The number of carbonyl (C=O) groups is 1. The Morgan fingerprint density at radius 3 is 2.67 bits per heavy atom. The molecule has 15 heavy (non-hydrogen) atoms. The topological polar surface area (TPSA) is 40.5 Å². The van der Waals surface area contributed by atoms with Crippen molar-refractivity contribution in [2.45, 2.75) is 39.3 Å². The first kappa shape index (κ1) is 12.8. The average molecular weight is 231 g/mol. The van der Waals surface area contributed by atoms with Gasteiger partial charge in [-0.05, 0) is 31.6 Å². The van der Waals surface area contributed by atoms with Crippen molar-refractivity contribution >= 4 is 17.7 Å². The molecule has 1 N–H and O–H groups in total. The van der Waals surface area contributed by atoms with E-state index in [9.17, 15) is 4.79 Å². The summed E-state index contributed by atoms with van der Waals surface area (Å²) in [5.74, 6) is 1.50. The van der Waals surface area contributed by atoms with E-state index in [0.717, 1.165) is 12.2 Å². The maximum Gasteiger partial charge on any atom is 0.320 e. The lowest BCUT2D eigenvalue weighted by Crippen LogP contribution is -2.48. The van der Waals surface area contributed by atoms with E-state index in [1.165, 1.54) is 5.75 Å². The van der Waals surface area contributed by atoms with E-state index in [4.69, 9.17) is 5.11 Å². The van der Waals surface area contributed by atoms with Crippen LogP contribution in [0.3, 0.4) is 0 Å². The number of hydrogen-bond donors (Lipinski definition) is 1. The molecule has 4 heteroatoms. The summed E-state index contributed by atoms with van der Waals surface area (Å²) in [6.07, 6.45) is 1.09. The van der Waals surface area contributed by atoms with Gasteiger partial charge in [0.15, 0.2) is 0 Å². The van der Waals surface area contributed by atoms with Gasteiger partial charge in [-0.15, -0.1) is 0 Å². The van der Waals surface area contributed by atoms with Crippen LogP contribution in [0.1, 0.15) is 27.2 Å². The molecule has 0 aromatic heterocycles. The largest absolute Gasteiger partial charge is 0.480 e. The summed E-state index contributed by atoms with van der Waals surface area (Å²) in [7, 11) is 1.92. The Hall–Kier alpha value is -0.220. The van der Waals surface area contributed by atoms with Gasteiger partial charge in [-0.25, -0.2) is 0 Å². The smallest absolute Gasteiger partial charge is 0.320 e. The van der Waals surface area contributed by atoms with Crippen molar-refractivity contribution in [1.82, 2.24) is 4.90 Å². The lowest BCUT2D eigenvalue weighted by Gasteiger charge is -2.40. The van der Waals surface area contributed by atoms with Crippen LogP contribution in [0.5, 0.6) is 0 Å². The first-order chi connectivity index (χ1) is 6.83. The summed E-state index contributed by atoms with van der Waals surface area (Å²) in [6.45, 7) is 6.27. The van der Waals surface area contributed by atoms with Crippen molar-refractivity contribution in [2.24, 2.45) is 5.41 Å². The van der Waals surface area contributed by atoms with Gasteiger partial charge in [0.25, 0.3) is 0 Å². The van der Waals surface area contributed by atoms with Gasteiger partial charge in [0.2, 0.25) is 0 Å². The fourth-order valence-corrected chi connectivity index (χ4v) is 3.39. The average Bonchev–Trinajstić information content (AvgIpc) is 2.13. The first-order valence-corrected chi connectivity index (χ1v) is 6.51. The molecule has 1 heterocycles. The molecule has 1 aliphatic heterocycles. The molecule has 88 valence electrons. The van der Waals surface area contributed by atoms with Crippen LogP contribution in [0.4, 0.5) is 0 Å². The molecule has 0 amide bonds. The Kier molecular flexibility index (Phi) is 4.06. The summed E-state index contributed by atoms with van der Waals surface area (Å²) < 4.78 is 0. The highest BCUT2D eigenvalue weighted by atomic mass is 32.2. The molecule has 0 bridgehead atoms. The van der Waals surface area contributed by atoms with E-state index in [1.54, 1.807) is 6.92 Å². The SMILES string of the molecule is CC(C(=O)O)N(C)C1CSCC(C)(C)C1. The van der Waals surface area contributed by atoms with E-state index in [2.05, 4.69) is 13.8 Å². The molecule has 1 aliphatic rings. The zero-order valence-corrected chi connectivity index (χ0v) is 10.8. The van der Waals surface area contributed by atoms with Crippen LogP contribution in [0.2, 0.25) is 0 Å². The Labute approximate surface area is 96.2 Å². The second kappa shape index (κ2) is 4.74. The second-order valence-corrected chi connectivity index (χ2v) is 6.25. The van der Waals surface area contributed by atoms with E-state index < -0.39 is 5.97 Å². The van der Waals surface area contributed by atoms with Gasteiger partial charge >= 0.3 is 5.97 Å². The molecule has 0 saturated carbocycles. The molecule has 0 spiro atoms. The van der Waals surface area contributed by atoms with Gasteiger partial charge in [-0.1, -0.05) is 13.8 Å². The molecule has 0 aromatic carbocycles. The Bertz CT molecular complexity index is 243. The molecular formula is C11H21NO2S. The van der Waals surface area contributed by atoms with Crippen molar-refractivity contribution in [1.29, 1.82) is 0 Å². The van der Waals surface area contributed by atoms with E-state index in [-0.39, 0.29) is 6.04 Å². The minimum atomic E-state index is -0.731. The molecule has 2 unspecified atom stereocenters. The minimum Gasteiger partial charge on any atom is -0.480 e. The molecule has 1 saturated heterocycles. The summed E-state index contributed by atoms with van der Waals surface area (Å²) in [5.41, 5.74) is 0.333. The van der Waals surface area contributed by atoms with Crippen LogP contribution in [-0.4, -0.2) is 46.6 Å². The number of likely N-dealkylation sites (N-methyl/N-ethyl adjacent to an activating group) is 1. The highest BCUT2D eigenvalue weighted by Crippen LogP contribution is 2.35. The fourth-order valence-electron chi connectivity index (χ4n) is 1.98. The lowest BCUT2D eigenvalue weighted by atomic mass is 9.87. The third-order valence-corrected chi connectivity index (χ3v) is 4.74. The number of carboxylic acid groups (broad SMARTS) is 1. The maximum absolute atomic E-state index is 10.9.